The van der Waals surface area contributed by atoms with Gasteiger partial charge in [-0.25, -0.2) is 28.0 Å². The van der Waals surface area contributed by atoms with E-state index in [9.17, 15) is 41.1 Å². The van der Waals surface area contributed by atoms with Gasteiger partial charge in [0.1, 0.15) is 23.3 Å². The third-order valence-electron chi connectivity index (χ3n) is 4.50. The first-order valence-corrected chi connectivity index (χ1v) is 11.8. The molecule has 0 bridgehead atoms. The van der Waals surface area contributed by atoms with E-state index >= 15 is 0 Å². The van der Waals surface area contributed by atoms with Gasteiger partial charge in [-0.05, 0) is 54.9 Å². The van der Waals surface area contributed by atoms with Crippen molar-refractivity contribution in [3.05, 3.63) is 0 Å². The van der Waals surface area contributed by atoms with Crippen molar-refractivity contribution >= 4 is 24.1 Å². The van der Waals surface area contributed by atoms with E-state index in [1.54, 1.807) is 41.5 Å². The molecule has 0 N–H and O–H groups in total. The number of esters is 2. The summed E-state index contributed by atoms with van der Waals surface area (Å²) in [4.78, 5) is 48.2. The average Bonchev–Trinajstić information content (AvgIpc) is 2.72. The molecular formula is C24H41F5N2O8. The molecule has 39 heavy (non-hydrogen) atoms. The Bertz CT molecular complexity index is 817. The standard InChI is InChI=1S/C12H20F3NO4.C12H21F2NO4/c1-11(2,3)20-10(18)16(4)8(9(17)19-5)6-7-12(13,14)15;1-11(2,3)19-10(17)15(5)8(9(16)18-6)7-12(4,13)14/h8H,6-7H2,1-5H3;8H,7H2,1-6H3/t2*8-/m11/s1. The fourth-order valence-electron chi connectivity index (χ4n) is 2.68. The largest absolute Gasteiger partial charge is 0.467 e. The average molecular weight is 581 g/mol. The number of amides is 2. The number of carbonyl (C=O) groups is 4. The van der Waals surface area contributed by atoms with Crippen LogP contribution in [-0.4, -0.2) is 97.6 Å². The van der Waals surface area contributed by atoms with Crippen LogP contribution in [0.25, 0.3) is 0 Å². The summed E-state index contributed by atoms with van der Waals surface area (Å²) >= 11 is 0. The van der Waals surface area contributed by atoms with Gasteiger partial charge in [0.15, 0.2) is 0 Å². The normalized spacial score (nSPS) is 13.6. The topological polar surface area (TPSA) is 112 Å². The van der Waals surface area contributed by atoms with Crippen LogP contribution in [0.2, 0.25) is 0 Å². The third kappa shape index (κ3) is 18.1. The summed E-state index contributed by atoms with van der Waals surface area (Å²) in [6, 6.07) is -2.73. The van der Waals surface area contributed by atoms with E-state index in [1.165, 1.54) is 14.1 Å². The van der Waals surface area contributed by atoms with Crippen LogP contribution in [-0.2, 0) is 28.5 Å². The van der Waals surface area contributed by atoms with Crippen LogP contribution in [0, 0.1) is 0 Å². The molecule has 0 aromatic heterocycles. The minimum Gasteiger partial charge on any atom is -0.467 e. The minimum atomic E-state index is -4.42. The fourth-order valence-corrected chi connectivity index (χ4v) is 2.68. The Hall–Kier alpha value is -2.87. The molecule has 0 aliphatic heterocycles. The van der Waals surface area contributed by atoms with E-state index in [0.29, 0.717) is 6.92 Å². The zero-order valence-electron chi connectivity index (χ0n) is 24.3. The molecule has 0 heterocycles. The van der Waals surface area contributed by atoms with Crippen LogP contribution < -0.4 is 0 Å². The fraction of sp³-hybridized carbons (Fsp3) is 0.833. The van der Waals surface area contributed by atoms with E-state index in [2.05, 4.69) is 9.47 Å². The van der Waals surface area contributed by atoms with Crippen molar-refractivity contribution in [1.29, 1.82) is 0 Å². The molecule has 0 aliphatic rings. The van der Waals surface area contributed by atoms with Gasteiger partial charge < -0.3 is 18.9 Å². The number of methoxy groups -OCH3 is 2. The number of nitrogens with zero attached hydrogens (tertiary/aromatic N) is 2. The first-order valence-electron chi connectivity index (χ1n) is 11.8. The predicted octanol–water partition coefficient (Wildman–Crippen LogP) is 5.18. The molecule has 0 aliphatic carbocycles. The molecule has 15 heteroatoms. The molecule has 2 atom stereocenters. The molecule has 0 spiro atoms. The summed E-state index contributed by atoms with van der Waals surface area (Å²) in [7, 11) is 4.55. The Morgan fingerprint density at radius 3 is 1.28 bits per heavy atom. The monoisotopic (exact) mass is 580 g/mol. The molecule has 230 valence electrons. The number of halogens is 5. The smallest absolute Gasteiger partial charge is 0.410 e. The van der Waals surface area contributed by atoms with E-state index in [0.717, 1.165) is 24.0 Å². The van der Waals surface area contributed by atoms with Gasteiger partial charge >= 0.3 is 30.3 Å². The maximum Gasteiger partial charge on any atom is 0.410 e. The van der Waals surface area contributed by atoms with E-state index in [1.807, 2.05) is 0 Å². The van der Waals surface area contributed by atoms with Crippen LogP contribution in [0.5, 0.6) is 0 Å². The number of hydrogen-bond donors (Lipinski definition) is 0. The molecule has 0 rings (SSSR count). The highest BCUT2D eigenvalue weighted by Gasteiger charge is 2.38. The summed E-state index contributed by atoms with van der Waals surface area (Å²) in [6.45, 7) is 10.4. The third-order valence-corrected chi connectivity index (χ3v) is 4.50. The Morgan fingerprint density at radius 1 is 0.667 bits per heavy atom. The number of rotatable bonds is 8. The Balaban J connectivity index is 0. The van der Waals surface area contributed by atoms with Gasteiger partial charge in [0.25, 0.3) is 0 Å². The summed E-state index contributed by atoms with van der Waals surface area (Å²) in [5, 5.41) is 0. The second-order valence-corrected chi connectivity index (χ2v) is 10.7. The molecule has 0 unspecified atom stereocenters. The van der Waals surface area contributed by atoms with E-state index in [4.69, 9.17) is 9.47 Å². The summed E-state index contributed by atoms with van der Waals surface area (Å²) < 4.78 is 81.7. The van der Waals surface area contributed by atoms with Gasteiger partial charge in [0.2, 0.25) is 5.92 Å². The maximum atomic E-state index is 13.0. The first-order chi connectivity index (χ1) is 17.2. The SMILES string of the molecule is COC(=O)[C@@H](CC(C)(F)F)N(C)C(=O)OC(C)(C)C.COC(=O)[C@@H](CCC(F)(F)F)N(C)C(=O)OC(C)(C)C. The van der Waals surface area contributed by atoms with E-state index < -0.39 is 78.8 Å². The second kappa shape index (κ2) is 15.1. The highest BCUT2D eigenvalue weighted by atomic mass is 19.4. The minimum absolute atomic E-state index is 0.577. The molecule has 0 saturated heterocycles. The predicted molar refractivity (Wildman–Crippen MR) is 130 cm³/mol. The molecule has 10 nitrogen and oxygen atoms in total. The summed E-state index contributed by atoms with van der Waals surface area (Å²) in [5.41, 5.74) is -1.59. The molecule has 0 fully saturated rings. The first kappa shape index (κ1) is 38.3. The van der Waals surface area contributed by atoms with Crippen molar-refractivity contribution in [1.82, 2.24) is 9.80 Å². The Labute approximate surface area is 226 Å². The molecule has 0 radical (unpaired) electrons. The molecular weight excluding hydrogens is 539 g/mol. The summed E-state index contributed by atoms with van der Waals surface area (Å²) in [5.74, 6) is -4.92. The zero-order valence-corrected chi connectivity index (χ0v) is 24.3. The van der Waals surface area contributed by atoms with Gasteiger partial charge in [-0.15, -0.1) is 0 Å². The van der Waals surface area contributed by atoms with Crippen LogP contribution in [0.4, 0.5) is 31.5 Å². The Morgan fingerprint density at radius 2 is 1.00 bits per heavy atom. The van der Waals surface area contributed by atoms with Crippen molar-refractivity contribution in [2.75, 3.05) is 28.3 Å². The van der Waals surface area contributed by atoms with Gasteiger partial charge in [0.05, 0.1) is 14.2 Å². The highest BCUT2D eigenvalue weighted by Crippen LogP contribution is 2.25. The number of carbonyl (C=O) groups excluding carboxylic acids is 4. The molecule has 0 saturated carbocycles. The second-order valence-electron chi connectivity index (χ2n) is 10.7. The number of ether oxygens (including phenoxy) is 4. The van der Waals surface area contributed by atoms with Crippen LogP contribution in [0.15, 0.2) is 0 Å². The summed E-state index contributed by atoms with van der Waals surface area (Å²) in [6.07, 6.45) is -8.75. The lowest BCUT2D eigenvalue weighted by Gasteiger charge is -2.30. The van der Waals surface area contributed by atoms with Gasteiger partial charge in [-0.3, -0.25) is 9.80 Å². The number of alkyl halides is 5. The van der Waals surface area contributed by atoms with Crippen molar-refractivity contribution in [2.24, 2.45) is 0 Å². The lowest BCUT2D eigenvalue weighted by molar-refractivity contribution is -0.152. The lowest BCUT2D eigenvalue weighted by atomic mass is 10.1. The molecule has 2 amide bonds. The van der Waals surface area contributed by atoms with Crippen molar-refractivity contribution in [3.8, 4) is 0 Å². The van der Waals surface area contributed by atoms with Crippen LogP contribution in [0.1, 0.15) is 67.7 Å². The number of likely N-dealkylation sites (N-methyl/N-ethyl adjacent to an activating group) is 2. The number of hydrogen-bond acceptors (Lipinski definition) is 8. The quantitative estimate of drug-likeness (QED) is 0.219. The highest BCUT2D eigenvalue weighted by molar-refractivity contribution is 5.82. The zero-order chi connectivity index (χ0) is 31.6. The van der Waals surface area contributed by atoms with Gasteiger partial charge in [0, 0.05) is 26.9 Å². The van der Waals surface area contributed by atoms with Gasteiger partial charge in [-0.2, -0.15) is 13.2 Å². The Kier molecular flexibility index (Phi) is 14.8. The van der Waals surface area contributed by atoms with Crippen LogP contribution >= 0.6 is 0 Å². The van der Waals surface area contributed by atoms with E-state index in [-0.39, 0.29) is 0 Å². The lowest BCUT2D eigenvalue weighted by Crippen LogP contribution is -2.47. The molecule has 0 aromatic carbocycles. The van der Waals surface area contributed by atoms with Crippen molar-refractivity contribution < 1.29 is 60.1 Å². The molecule has 0 aromatic rings. The van der Waals surface area contributed by atoms with Crippen molar-refractivity contribution in [3.63, 3.8) is 0 Å². The van der Waals surface area contributed by atoms with Crippen molar-refractivity contribution in [2.45, 2.75) is 103 Å². The maximum absolute atomic E-state index is 13.0. The van der Waals surface area contributed by atoms with Crippen LogP contribution in [0.3, 0.4) is 0 Å². The van der Waals surface area contributed by atoms with Gasteiger partial charge in [-0.1, -0.05) is 0 Å².